The van der Waals surface area contributed by atoms with E-state index < -0.39 is 10.0 Å². The summed E-state index contributed by atoms with van der Waals surface area (Å²) in [6, 6.07) is 10.4. The summed E-state index contributed by atoms with van der Waals surface area (Å²) in [5, 5.41) is 3.19. The molecular formula is C20H34IN5O3S. The van der Waals surface area contributed by atoms with E-state index in [1.54, 1.807) is 7.05 Å². The molecule has 2 N–H and O–H groups in total. The van der Waals surface area contributed by atoms with E-state index >= 15 is 0 Å². The Morgan fingerprint density at radius 2 is 1.90 bits per heavy atom. The maximum atomic E-state index is 12.3. The van der Waals surface area contributed by atoms with Crippen molar-refractivity contribution in [2.45, 2.75) is 25.4 Å². The van der Waals surface area contributed by atoms with E-state index in [0.29, 0.717) is 13.1 Å². The highest BCUT2D eigenvalue weighted by Gasteiger charge is 2.21. The predicted octanol–water partition coefficient (Wildman–Crippen LogP) is 1.49. The molecule has 0 radical (unpaired) electrons. The van der Waals surface area contributed by atoms with Gasteiger partial charge in [0.05, 0.1) is 11.9 Å². The van der Waals surface area contributed by atoms with Crippen molar-refractivity contribution in [1.82, 2.24) is 14.9 Å². The highest BCUT2D eigenvalue weighted by molar-refractivity contribution is 14.0. The fourth-order valence-electron chi connectivity index (χ4n) is 3.71. The standard InChI is InChI=1S/C20H33N5O3S.HI/c1-21-20(25-13-11-24(12-14-25)18-7-3-2-4-8-18)22-10-16-29(26,27)23-17-19-9-5-6-15-28-19;/h2-4,7-8,19,23H,5-6,9-17H2,1H3,(H,21,22);1H. The molecule has 0 saturated carbocycles. The Morgan fingerprint density at radius 3 is 2.53 bits per heavy atom. The van der Waals surface area contributed by atoms with Crippen molar-refractivity contribution in [2.75, 3.05) is 63.6 Å². The topological polar surface area (TPSA) is 86.3 Å². The van der Waals surface area contributed by atoms with Crippen LogP contribution in [0.25, 0.3) is 0 Å². The van der Waals surface area contributed by atoms with Crippen LogP contribution in [0.3, 0.4) is 0 Å². The van der Waals surface area contributed by atoms with Gasteiger partial charge in [0.1, 0.15) is 0 Å². The normalized spacial score (nSPS) is 20.6. The molecule has 1 atom stereocenters. The average Bonchev–Trinajstić information content (AvgIpc) is 2.77. The molecule has 0 bridgehead atoms. The molecule has 1 unspecified atom stereocenters. The second-order valence-corrected chi connectivity index (χ2v) is 9.37. The second-order valence-electron chi connectivity index (χ2n) is 7.44. The minimum atomic E-state index is -3.33. The number of nitrogens with zero attached hydrogens (tertiary/aromatic N) is 3. The minimum Gasteiger partial charge on any atom is -0.377 e. The lowest BCUT2D eigenvalue weighted by Gasteiger charge is -2.37. The molecule has 0 aromatic heterocycles. The van der Waals surface area contributed by atoms with E-state index in [9.17, 15) is 8.42 Å². The largest absolute Gasteiger partial charge is 0.377 e. The van der Waals surface area contributed by atoms with Gasteiger partial charge in [-0.2, -0.15) is 0 Å². The van der Waals surface area contributed by atoms with Crippen LogP contribution in [0, 0.1) is 0 Å². The van der Waals surface area contributed by atoms with Crippen LogP contribution in [0.2, 0.25) is 0 Å². The summed E-state index contributed by atoms with van der Waals surface area (Å²) in [7, 11) is -1.60. The monoisotopic (exact) mass is 551 g/mol. The Kier molecular flexibility index (Phi) is 10.6. The number of halogens is 1. The number of sulfonamides is 1. The maximum Gasteiger partial charge on any atom is 0.213 e. The number of rotatable bonds is 7. The van der Waals surface area contributed by atoms with Gasteiger partial charge in [0, 0.05) is 58.6 Å². The summed E-state index contributed by atoms with van der Waals surface area (Å²) in [4.78, 5) is 8.85. The minimum absolute atomic E-state index is 0. The Balaban J connectivity index is 0.00000320. The van der Waals surface area contributed by atoms with Crippen molar-refractivity contribution >= 4 is 45.6 Å². The Hall–Kier alpha value is -1.11. The molecule has 2 heterocycles. The summed E-state index contributed by atoms with van der Waals surface area (Å²) >= 11 is 0. The molecule has 170 valence electrons. The molecule has 8 nitrogen and oxygen atoms in total. The van der Waals surface area contributed by atoms with Crippen LogP contribution in [0.1, 0.15) is 19.3 Å². The second kappa shape index (κ2) is 12.7. The van der Waals surface area contributed by atoms with E-state index in [-0.39, 0.29) is 35.8 Å². The van der Waals surface area contributed by atoms with Crippen LogP contribution < -0.4 is 14.9 Å². The lowest BCUT2D eigenvalue weighted by atomic mass is 10.1. The van der Waals surface area contributed by atoms with Crippen molar-refractivity contribution in [3.8, 4) is 0 Å². The summed E-state index contributed by atoms with van der Waals surface area (Å²) in [5.41, 5.74) is 1.23. The van der Waals surface area contributed by atoms with Gasteiger partial charge in [0.15, 0.2) is 5.96 Å². The van der Waals surface area contributed by atoms with E-state index in [1.165, 1.54) is 5.69 Å². The summed E-state index contributed by atoms with van der Waals surface area (Å²) in [6.45, 7) is 4.92. The number of hydrogen-bond donors (Lipinski definition) is 2. The Labute approximate surface area is 197 Å². The fraction of sp³-hybridized carbons (Fsp3) is 0.650. The van der Waals surface area contributed by atoms with Gasteiger partial charge >= 0.3 is 0 Å². The van der Waals surface area contributed by atoms with Gasteiger partial charge in [-0.25, -0.2) is 13.1 Å². The number of ether oxygens (including phenoxy) is 1. The third-order valence-electron chi connectivity index (χ3n) is 5.37. The van der Waals surface area contributed by atoms with Crippen LogP contribution in [-0.4, -0.2) is 84.1 Å². The van der Waals surface area contributed by atoms with E-state index in [0.717, 1.165) is 58.0 Å². The number of aliphatic imine (C=N–C) groups is 1. The van der Waals surface area contributed by atoms with E-state index in [4.69, 9.17) is 4.74 Å². The van der Waals surface area contributed by atoms with Gasteiger partial charge in [-0.15, -0.1) is 24.0 Å². The molecule has 2 aliphatic heterocycles. The lowest BCUT2D eigenvalue weighted by Crippen LogP contribution is -2.53. The van der Waals surface area contributed by atoms with Crippen LogP contribution >= 0.6 is 24.0 Å². The van der Waals surface area contributed by atoms with Gasteiger partial charge in [-0.3, -0.25) is 4.99 Å². The number of para-hydroxylation sites is 1. The van der Waals surface area contributed by atoms with E-state index in [1.807, 2.05) is 6.07 Å². The highest BCUT2D eigenvalue weighted by atomic mass is 127. The zero-order valence-electron chi connectivity index (χ0n) is 17.6. The Morgan fingerprint density at radius 1 is 1.17 bits per heavy atom. The smallest absolute Gasteiger partial charge is 0.213 e. The molecule has 2 fully saturated rings. The molecule has 0 amide bonds. The molecule has 0 aliphatic carbocycles. The van der Waals surface area contributed by atoms with Crippen LogP contribution in [0.5, 0.6) is 0 Å². The summed E-state index contributed by atoms with van der Waals surface area (Å²) < 4.78 is 32.8. The van der Waals surface area contributed by atoms with Crippen molar-refractivity contribution in [3.05, 3.63) is 30.3 Å². The SMILES string of the molecule is CN=C(NCCS(=O)(=O)NCC1CCCCO1)N1CCN(c2ccccc2)CC1.I. The van der Waals surface area contributed by atoms with Gasteiger partial charge < -0.3 is 19.9 Å². The van der Waals surface area contributed by atoms with Crippen molar-refractivity contribution in [2.24, 2.45) is 4.99 Å². The first-order valence-corrected chi connectivity index (χ1v) is 12.1. The molecule has 30 heavy (non-hydrogen) atoms. The molecule has 10 heteroatoms. The van der Waals surface area contributed by atoms with Gasteiger partial charge in [0.25, 0.3) is 0 Å². The number of guanidine groups is 1. The molecule has 3 rings (SSSR count). The van der Waals surface area contributed by atoms with Crippen LogP contribution in [0.15, 0.2) is 35.3 Å². The van der Waals surface area contributed by atoms with Gasteiger partial charge in [-0.1, -0.05) is 18.2 Å². The first kappa shape index (κ1) is 25.2. The zero-order valence-corrected chi connectivity index (χ0v) is 20.8. The van der Waals surface area contributed by atoms with Crippen LogP contribution in [-0.2, 0) is 14.8 Å². The van der Waals surface area contributed by atoms with Crippen molar-refractivity contribution in [1.29, 1.82) is 0 Å². The number of anilines is 1. The molecule has 0 spiro atoms. The quantitative estimate of drug-likeness (QED) is 0.304. The van der Waals surface area contributed by atoms with Crippen LogP contribution in [0.4, 0.5) is 5.69 Å². The molecule has 2 aliphatic rings. The number of hydrogen-bond acceptors (Lipinski definition) is 5. The number of nitrogens with one attached hydrogen (secondary N) is 2. The predicted molar refractivity (Wildman–Crippen MR) is 132 cm³/mol. The highest BCUT2D eigenvalue weighted by Crippen LogP contribution is 2.15. The number of benzene rings is 1. The average molecular weight is 551 g/mol. The van der Waals surface area contributed by atoms with E-state index in [2.05, 4.69) is 49.1 Å². The first-order chi connectivity index (χ1) is 14.1. The zero-order chi connectivity index (χ0) is 20.5. The lowest BCUT2D eigenvalue weighted by molar-refractivity contribution is 0.0200. The molecule has 1 aromatic carbocycles. The fourth-order valence-corrected chi connectivity index (χ4v) is 4.66. The Bertz CT molecular complexity index is 749. The summed E-state index contributed by atoms with van der Waals surface area (Å²) in [5.74, 6) is 0.770. The van der Waals surface area contributed by atoms with Crippen molar-refractivity contribution < 1.29 is 13.2 Å². The third-order valence-corrected chi connectivity index (χ3v) is 6.72. The molecular weight excluding hydrogens is 517 g/mol. The van der Waals surface area contributed by atoms with Crippen molar-refractivity contribution in [3.63, 3.8) is 0 Å². The van der Waals surface area contributed by atoms with Gasteiger partial charge in [0.2, 0.25) is 10.0 Å². The first-order valence-electron chi connectivity index (χ1n) is 10.4. The third kappa shape index (κ3) is 7.86. The van der Waals surface area contributed by atoms with Gasteiger partial charge in [-0.05, 0) is 31.4 Å². The summed E-state index contributed by atoms with van der Waals surface area (Å²) in [6.07, 6.45) is 3.08. The maximum absolute atomic E-state index is 12.3. The molecule has 2 saturated heterocycles. The number of piperazine rings is 1. The molecule has 1 aromatic rings.